The summed E-state index contributed by atoms with van der Waals surface area (Å²) >= 11 is 0. The zero-order valence-electron chi connectivity index (χ0n) is 38.4. The first kappa shape index (κ1) is 57.8. The number of unbranched alkanes of at least 4 members (excludes halogenated alkanes) is 27. The van der Waals surface area contributed by atoms with E-state index >= 15 is 0 Å². The minimum Gasteiger partial charge on any atom is -0.394 e. The second-order valence-electron chi connectivity index (χ2n) is 17.5. The molecule has 362 valence electrons. The lowest BCUT2D eigenvalue weighted by atomic mass is 9.99. The Labute approximate surface area is 371 Å². The van der Waals surface area contributed by atoms with E-state index in [-0.39, 0.29) is 6.42 Å². The third kappa shape index (κ3) is 30.6. The molecule has 14 heteroatoms. The van der Waals surface area contributed by atoms with Gasteiger partial charge in [-0.05, 0) is 38.5 Å². The molecule has 1 heterocycles. The first-order valence-corrected chi connectivity index (χ1v) is 26.0. The third-order valence-electron chi connectivity index (χ3n) is 11.9. The van der Waals surface area contributed by atoms with E-state index in [0.717, 1.165) is 51.4 Å². The van der Waals surface area contributed by atoms with Gasteiger partial charge in [-0.2, -0.15) is 8.42 Å². The Kier molecular flexibility index (Phi) is 36.1. The number of nitrogens with one attached hydrogen (secondary N) is 1. The Morgan fingerprint density at radius 3 is 1.48 bits per heavy atom. The van der Waals surface area contributed by atoms with Crippen LogP contribution in [0, 0.1) is 0 Å². The van der Waals surface area contributed by atoms with Crippen molar-refractivity contribution >= 4 is 16.3 Å². The molecule has 8 atom stereocenters. The highest BCUT2D eigenvalue weighted by Gasteiger charge is 2.48. The Morgan fingerprint density at radius 2 is 1.05 bits per heavy atom. The van der Waals surface area contributed by atoms with Crippen molar-refractivity contribution in [1.29, 1.82) is 0 Å². The van der Waals surface area contributed by atoms with Gasteiger partial charge >= 0.3 is 10.4 Å². The van der Waals surface area contributed by atoms with Gasteiger partial charge in [0.25, 0.3) is 0 Å². The fraction of sp³-hybridized carbons (Fsp3) is 0.936. The molecule has 1 fully saturated rings. The number of carbonyl (C=O) groups excluding carboxylic acids is 1. The third-order valence-corrected chi connectivity index (χ3v) is 12.4. The number of hydrogen-bond donors (Lipinski definition) is 7. The lowest BCUT2D eigenvalue weighted by Gasteiger charge is -2.41. The van der Waals surface area contributed by atoms with Gasteiger partial charge in [-0.15, -0.1) is 0 Å². The topological polar surface area (TPSA) is 212 Å². The van der Waals surface area contributed by atoms with E-state index in [2.05, 4.69) is 35.5 Å². The first-order chi connectivity index (χ1) is 29.4. The van der Waals surface area contributed by atoms with Crippen LogP contribution in [-0.2, 0) is 28.9 Å². The molecular weight excluding hydrogens is 803 g/mol. The van der Waals surface area contributed by atoms with Crippen LogP contribution >= 0.6 is 0 Å². The Bertz CT molecular complexity index is 1160. The Balaban J connectivity index is 2.53. The molecule has 0 spiro atoms. The summed E-state index contributed by atoms with van der Waals surface area (Å²) in [6, 6.07) is -1.03. The van der Waals surface area contributed by atoms with Crippen molar-refractivity contribution in [2.75, 3.05) is 13.2 Å². The molecule has 1 aliphatic rings. The van der Waals surface area contributed by atoms with Gasteiger partial charge in [-0.1, -0.05) is 193 Å². The summed E-state index contributed by atoms with van der Waals surface area (Å²) in [7, 11) is -5.11. The highest BCUT2D eigenvalue weighted by molar-refractivity contribution is 7.80. The zero-order valence-corrected chi connectivity index (χ0v) is 39.2. The highest BCUT2D eigenvalue weighted by Crippen LogP contribution is 2.26. The van der Waals surface area contributed by atoms with E-state index in [1.54, 1.807) is 0 Å². The van der Waals surface area contributed by atoms with Gasteiger partial charge < -0.3 is 40.3 Å². The number of hydrogen-bond acceptors (Lipinski definition) is 11. The van der Waals surface area contributed by atoms with E-state index in [9.17, 15) is 43.3 Å². The minimum absolute atomic E-state index is 0.248. The minimum atomic E-state index is -5.11. The maximum Gasteiger partial charge on any atom is 0.397 e. The van der Waals surface area contributed by atoms with Crippen LogP contribution in [0.1, 0.15) is 219 Å². The van der Waals surface area contributed by atoms with Crippen LogP contribution in [0.2, 0.25) is 0 Å². The van der Waals surface area contributed by atoms with Gasteiger partial charge in [-0.3, -0.25) is 9.35 Å². The molecule has 1 rings (SSSR count). The second kappa shape index (κ2) is 38.1. The molecule has 0 aromatic heterocycles. The summed E-state index contributed by atoms with van der Waals surface area (Å²) in [5.41, 5.74) is 0. The van der Waals surface area contributed by atoms with Crippen LogP contribution in [0.4, 0.5) is 0 Å². The molecule has 7 N–H and O–H groups in total. The largest absolute Gasteiger partial charge is 0.397 e. The fourth-order valence-electron chi connectivity index (χ4n) is 7.99. The number of ether oxygens (including phenoxy) is 2. The van der Waals surface area contributed by atoms with Gasteiger partial charge in [0.15, 0.2) is 6.29 Å². The predicted octanol–water partition coefficient (Wildman–Crippen LogP) is 8.92. The van der Waals surface area contributed by atoms with Crippen molar-refractivity contribution in [3.63, 3.8) is 0 Å². The van der Waals surface area contributed by atoms with Crippen LogP contribution in [0.3, 0.4) is 0 Å². The van der Waals surface area contributed by atoms with Crippen molar-refractivity contribution in [2.24, 2.45) is 0 Å². The van der Waals surface area contributed by atoms with Gasteiger partial charge in [0, 0.05) is 0 Å². The Morgan fingerprint density at radius 1 is 0.639 bits per heavy atom. The van der Waals surface area contributed by atoms with Crippen molar-refractivity contribution in [2.45, 2.75) is 268 Å². The highest BCUT2D eigenvalue weighted by atomic mass is 32.3. The number of aliphatic hydroxyl groups excluding tert-OH is 5. The smallest absolute Gasteiger partial charge is 0.394 e. The van der Waals surface area contributed by atoms with Crippen molar-refractivity contribution in [3.8, 4) is 0 Å². The molecule has 0 bridgehead atoms. The summed E-state index contributed by atoms with van der Waals surface area (Å²) in [4.78, 5) is 13.1. The standard InChI is InChI=1S/C47H91NO12S/c1-3-5-7-9-11-13-15-17-19-20-22-23-25-27-29-31-33-35-40(50)39(38-58-47-44(53)45(60-61(55,56)57)43(52)42(37-49)59-47)48-46(54)41(51)36-34-32-30-28-26-24-21-18-16-14-12-10-8-6-4-2/h21,24,39-45,47,49-53H,3-20,22-23,25-38H2,1-2H3,(H,48,54)(H,55,56,57)/b24-21-. The number of rotatable bonds is 42. The molecule has 0 saturated carbocycles. The van der Waals surface area contributed by atoms with E-state index in [1.165, 1.54) is 128 Å². The van der Waals surface area contributed by atoms with Crippen molar-refractivity contribution in [3.05, 3.63) is 12.2 Å². The SMILES string of the molecule is CCCCCCCCC/C=C\CCCCCCC(O)C(=O)NC(COC1OC(CO)C(O)C(OS(=O)(=O)O)C1O)C(O)CCCCCCCCCCCCCCCCCCC. The maximum absolute atomic E-state index is 13.1. The van der Waals surface area contributed by atoms with Crippen LogP contribution in [0.15, 0.2) is 12.2 Å². The molecular formula is C47H91NO12S. The van der Waals surface area contributed by atoms with Crippen LogP contribution in [0.25, 0.3) is 0 Å². The molecule has 8 unspecified atom stereocenters. The zero-order chi connectivity index (χ0) is 45.0. The molecule has 0 aliphatic carbocycles. The lowest BCUT2D eigenvalue weighted by molar-refractivity contribution is -0.298. The second-order valence-corrected chi connectivity index (χ2v) is 18.6. The van der Waals surface area contributed by atoms with Crippen molar-refractivity contribution < 1.29 is 57.0 Å². The lowest BCUT2D eigenvalue weighted by Crippen LogP contribution is -2.61. The molecule has 1 saturated heterocycles. The summed E-state index contributed by atoms with van der Waals surface area (Å²) in [6.07, 6.45) is 29.6. The number of amides is 1. The molecule has 13 nitrogen and oxygen atoms in total. The number of aliphatic hydroxyl groups is 5. The maximum atomic E-state index is 13.1. The normalized spacial score (nSPS) is 21.2. The summed E-state index contributed by atoms with van der Waals surface area (Å²) < 4.78 is 47.6. The summed E-state index contributed by atoms with van der Waals surface area (Å²) in [6.45, 7) is 3.28. The molecule has 0 aromatic rings. The molecule has 0 radical (unpaired) electrons. The quantitative estimate of drug-likeness (QED) is 0.0174. The van der Waals surface area contributed by atoms with E-state index in [1.807, 2.05) is 0 Å². The van der Waals surface area contributed by atoms with Gasteiger partial charge in [0.1, 0.15) is 30.5 Å². The average molecular weight is 894 g/mol. The fourth-order valence-corrected chi connectivity index (χ4v) is 8.50. The monoisotopic (exact) mass is 894 g/mol. The molecule has 1 aliphatic heterocycles. The van der Waals surface area contributed by atoms with Crippen LogP contribution in [0.5, 0.6) is 0 Å². The number of allylic oxidation sites excluding steroid dienone is 2. The number of carbonyl (C=O) groups is 1. The van der Waals surface area contributed by atoms with Gasteiger partial charge in [-0.25, -0.2) is 4.18 Å². The summed E-state index contributed by atoms with van der Waals surface area (Å²) in [5, 5.41) is 55.4. The van der Waals surface area contributed by atoms with Crippen LogP contribution < -0.4 is 5.32 Å². The Hall–Kier alpha value is -1.20. The van der Waals surface area contributed by atoms with E-state index < -0.39 is 78.5 Å². The van der Waals surface area contributed by atoms with E-state index in [0.29, 0.717) is 19.3 Å². The first-order valence-electron chi connectivity index (χ1n) is 24.7. The van der Waals surface area contributed by atoms with Gasteiger partial charge in [0.05, 0.1) is 25.4 Å². The van der Waals surface area contributed by atoms with Crippen molar-refractivity contribution in [1.82, 2.24) is 5.32 Å². The van der Waals surface area contributed by atoms with Gasteiger partial charge in [0.2, 0.25) is 5.91 Å². The average Bonchev–Trinajstić information content (AvgIpc) is 3.23. The van der Waals surface area contributed by atoms with Crippen LogP contribution in [-0.4, -0.2) is 107 Å². The summed E-state index contributed by atoms with van der Waals surface area (Å²) in [5.74, 6) is -0.676. The molecule has 1 amide bonds. The van der Waals surface area contributed by atoms with E-state index in [4.69, 9.17) is 9.47 Å². The predicted molar refractivity (Wildman–Crippen MR) is 242 cm³/mol. The molecule has 61 heavy (non-hydrogen) atoms. The molecule has 0 aromatic carbocycles.